The predicted octanol–water partition coefficient (Wildman–Crippen LogP) is 1.86. The SMILES string of the molecule is CC(C)(C)CCC(C)(CN)C(=O)O. The van der Waals surface area contributed by atoms with Crippen LogP contribution in [-0.4, -0.2) is 17.6 Å². The van der Waals surface area contributed by atoms with Gasteiger partial charge in [-0.1, -0.05) is 20.8 Å². The molecule has 0 bridgehead atoms. The Labute approximate surface area is 80.3 Å². The van der Waals surface area contributed by atoms with Crippen molar-refractivity contribution in [2.24, 2.45) is 16.6 Å². The van der Waals surface area contributed by atoms with E-state index in [1.807, 2.05) is 0 Å². The van der Waals surface area contributed by atoms with Crippen LogP contribution in [0.25, 0.3) is 0 Å². The van der Waals surface area contributed by atoms with E-state index in [-0.39, 0.29) is 12.0 Å². The van der Waals surface area contributed by atoms with Crippen LogP contribution in [-0.2, 0) is 4.79 Å². The third-order valence-electron chi connectivity index (χ3n) is 2.39. The first-order chi connectivity index (χ1) is 5.71. The lowest BCUT2D eigenvalue weighted by Crippen LogP contribution is -2.36. The van der Waals surface area contributed by atoms with Crippen LogP contribution in [0.5, 0.6) is 0 Å². The molecule has 0 saturated carbocycles. The molecule has 0 aromatic rings. The molecule has 1 atom stereocenters. The molecule has 0 rings (SSSR count). The first-order valence-corrected chi connectivity index (χ1v) is 4.65. The van der Waals surface area contributed by atoms with Crippen molar-refractivity contribution in [2.75, 3.05) is 6.54 Å². The van der Waals surface area contributed by atoms with Crippen molar-refractivity contribution >= 4 is 5.97 Å². The zero-order chi connectivity index (χ0) is 10.7. The Balaban J connectivity index is 4.22. The number of carbonyl (C=O) groups is 1. The molecule has 0 aliphatic heterocycles. The van der Waals surface area contributed by atoms with Crippen LogP contribution in [0.15, 0.2) is 0 Å². The van der Waals surface area contributed by atoms with Crippen molar-refractivity contribution < 1.29 is 9.90 Å². The van der Waals surface area contributed by atoms with Crippen molar-refractivity contribution in [3.63, 3.8) is 0 Å². The van der Waals surface area contributed by atoms with Gasteiger partial charge in [-0.3, -0.25) is 4.79 Å². The highest BCUT2D eigenvalue weighted by atomic mass is 16.4. The molecule has 0 heterocycles. The molecular formula is C10H21NO2. The van der Waals surface area contributed by atoms with Gasteiger partial charge >= 0.3 is 5.97 Å². The lowest BCUT2D eigenvalue weighted by molar-refractivity contribution is -0.148. The normalized spacial score (nSPS) is 16.7. The van der Waals surface area contributed by atoms with E-state index < -0.39 is 11.4 Å². The van der Waals surface area contributed by atoms with Crippen LogP contribution in [0, 0.1) is 10.8 Å². The first kappa shape index (κ1) is 12.4. The Morgan fingerprint density at radius 1 is 1.23 bits per heavy atom. The monoisotopic (exact) mass is 187 g/mol. The van der Waals surface area contributed by atoms with Crippen molar-refractivity contribution in [1.82, 2.24) is 0 Å². The molecule has 3 nitrogen and oxygen atoms in total. The molecule has 0 spiro atoms. The summed E-state index contributed by atoms with van der Waals surface area (Å²) in [5, 5.41) is 8.95. The van der Waals surface area contributed by atoms with Crippen LogP contribution in [0.4, 0.5) is 0 Å². The molecule has 0 radical (unpaired) electrons. The van der Waals surface area contributed by atoms with Gasteiger partial charge < -0.3 is 10.8 Å². The maximum atomic E-state index is 10.9. The van der Waals surface area contributed by atoms with Crippen LogP contribution in [0.1, 0.15) is 40.5 Å². The average molecular weight is 187 g/mol. The van der Waals surface area contributed by atoms with Crippen molar-refractivity contribution in [2.45, 2.75) is 40.5 Å². The predicted molar refractivity (Wildman–Crippen MR) is 53.5 cm³/mol. The second-order valence-corrected chi connectivity index (χ2v) is 5.13. The molecule has 0 aromatic heterocycles. The molecule has 3 heteroatoms. The smallest absolute Gasteiger partial charge is 0.310 e. The summed E-state index contributed by atoms with van der Waals surface area (Å²) in [5.74, 6) is -0.792. The van der Waals surface area contributed by atoms with Crippen LogP contribution < -0.4 is 5.73 Å². The van der Waals surface area contributed by atoms with E-state index in [0.29, 0.717) is 6.42 Å². The number of hydrogen-bond donors (Lipinski definition) is 2. The molecule has 1 unspecified atom stereocenters. The number of aliphatic carboxylic acids is 1. The molecular weight excluding hydrogens is 166 g/mol. The second kappa shape index (κ2) is 4.09. The fourth-order valence-corrected chi connectivity index (χ4v) is 0.947. The van der Waals surface area contributed by atoms with Gasteiger partial charge in [-0.25, -0.2) is 0 Å². The van der Waals surface area contributed by atoms with Gasteiger partial charge in [0.2, 0.25) is 0 Å². The summed E-state index contributed by atoms with van der Waals surface area (Å²) in [4.78, 5) is 10.9. The molecule has 0 amide bonds. The standard InChI is InChI=1S/C10H21NO2/c1-9(2,3)5-6-10(4,7-11)8(12)13/h5-7,11H2,1-4H3,(H,12,13). The summed E-state index contributed by atoms with van der Waals surface area (Å²) < 4.78 is 0. The third kappa shape index (κ3) is 4.27. The zero-order valence-electron chi connectivity index (χ0n) is 9.05. The van der Waals surface area contributed by atoms with E-state index in [0.717, 1.165) is 6.42 Å². The lowest BCUT2D eigenvalue weighted by Gasteiger charge is -2.27. The number of nitrogens with two attached hydrogens (primary N) is 1. The van der Waals surface area contributed by atoms with E-state index in [4.69, 9.17) is 10.8 Å². The molecule has 0 aromatic carbocycles. The first-order valence-electron chi connectivity index (χ1n) is 4.65. The number of hydrogen-bond acceptors (Lipinski definition) is 2. The Kier molecular flexibility index (Phi) is 3.91. The second-order valence-electron chi connectivity index (χ2n) is 5.13. The molecule has 0 saturated heterocycles. The number of carboxylic acids is 1. The largest absolute Gasteiger partial charge is 0.481 e. The topological polar surface area (TPSA) is 63.3 Å². The third-order valence-corrected chi connectivity index (χ3v) is 2.39. The van der Waals surface area contributed by atoms with E-state index in [1.165, 1.54) is 0 Å². The summed E-state index contributed by atoms with van der Waals surface area (Å²) in [6, 6.07) is 0. The Morgan fingerprint density at radius 2 is 1.69 bits per heavy atom. The molecule has 13 heavy (non-hydrogen) atoms. The van der Waals surface area contributed by atoms with Crippen LogP contribution in [0.2, 0.25) is 0 Å². The highest BCUT2D eigenvalue weighted by Gasteiger charge is 2.32. The molecule has 0 aliphatic rings. The van der Waals surface area contributed by atoms with Gasteiger partial charge in [-0.2, -0.15) is 0 Å². The van der Waals surface area contributed by atoms with E-state index in [9.17, 15) is 4.79 Å². The van der Waals surface area contributed by atoms with Gasteiger partial charge in [0.05, 0.1) is 5.41 Å². The van der Waals surface area contributed by atoms with Crippen molar-refractivity contribution in [3.05, 3.63) is 0 Å². The Bertz CT molecular complexity index is 184. The average Bonchev–Trinajstić information content (AvgIpc) is 1.98. The maximum Gasteiger partial charge on any atom is 0.310 e. The van der Waals surface area contributed by atoms with E-state index in [2.05, 4.69) is 20.8 Å². The molecule has 3 N–H and O–H groups in total. The summed E-state index contributed by atoms with van der Waals surface area (Å²) in [7, 11) is 0. The highest BCUT2D eigenvalue weighted by Crippen LogP contribution is 2.30. The Hall–Kier alpha value is -0.570. The minimum Gasteiger partial charge on any atom is -0.481 e. The van der Waals surface area contributed by atoms with Gasteiger partial charge in [0.1, 0.15) is 0 Å². The number of rotatable bonds is 4. The fourth-order valence-electron chi connectivity index (χ4n) is 0.947. The number of carboxylic acid groups (broad SMARTS) is 1. The van der Waals surface area contributed by atoms with Gasteiger partial charge in [-0.05, 0) is 25.2 Å². The van der Waals surface area contributed by atoms with Crippen molar-refractivity contribution in [1.29, 1.82) is 0 Å². The Morgan fingerprint density at radius 3 is 1.92 bits per heavy atom. The zero-order valence-corrected chi connectivity index (χ0v) is 9.05. The summed E-state index contributed by atoms with van der Waals surface area (Å²) in [6.45, 7) is 8.23. The van der Waals surface area contributed by atoms with Gasteiger partial charge in [0, 0.05) is 6.54 Å². The van der Waals surface area contributed by atoms with Crippen LogP contribution >= 0.6 is 0 Å². The van der Waals surface area contributed by atoms with Gasteiger partial charge in [-0.15, -0.1) is 0 Å². The molecule has 0 aliphatic carbocycles. The molecule has 78 valence electrons. The van der Waals surface area contributed by atoms with Gasteiger partial charge in [0.15, 0.2) is 0 Å². The summed E-state index contributed by atoms with van der Waals surface area (Å²) in [6.07, 6.45) is 1.52. The maximum absolute atomic E-state index is 10.9. The van der Waals surface area contributed by atoms with Gasteiger partial charge in [0.25, 0.3) is 0 Å². The minimum absolute atomic E-state index is 0.172. The summed E-state index contributed by atoms with van der Waals surface area (Å²) in [5.41, 5.74) is 4.87. The fraction of sp³-hybridized carbons (Fsp3) is 0.900. The van der Waals surface area contributed by atoms with E-state index >= 15 is 0 Å². The highest BCUT2D eigenvalue weighted by molar-refractivity contribution is 5.74. The minimum atomic E-state index is -0.792. The van der Waals surface area contributed by atoms with Crippen LogP contribution in [0.3, 0.4) is 0 Å². The quantitative estimate of drug-likeness (QED) is 0.706. The van der Waals surface area contributed by atoms with Crippen molar-refractivity contribution in [3.8, 4) is 0 Å². The lowest BCUT2D eigenvalue weighted by atomic mass is 9.79. The summed E-state index contributed by atoms with van der Waals surface area (Å²) >= 11 is 0. The molecule has 0 fully saturated rings. The van der Waals surface area contributed by atoms with E-state index in [1.54, 1.807) is 6.92 Å².